The van der Waals surface area contributed by atoms with Crippen LogP contribution in [0.1, 0.15) is 45.6 Å². The highest BCUT2D eigenvalue weighted by molar-refractivity contribution is 6.33. The molecule has 0 aliphatic heterocycles. The van der Waals surface area contributed by atoms with Gasteiger partial charge in [0.05, 0.1) is 17.3 Å². The number of anilines is 1. The molecule has 2 rings (SSSR count). The lowest BCUT2D eigenvalue weighted by atomic mass is 9.65. The number of nitrogens with one attached hydrogen (secondary N) is 1. The summed E-state index contributed by atoms with van der Waals surface area (Å²) in [6.45, 7) is 5.54. The summed E-state index contributed by atoms with van der Waals surface area (Å²) >= 11 is 6.24. The second-order valence-electron chi connectivity index (χ2n) is 6.61. The summed E-state index contributed by atoms with van der Waals surface area (Å²) in [7, 11) is 0. The first-order valence-electron chi connectivity index (χ1n) is 7.17. The second-order valence-corrected chi connectivity index (χ2v) is 7.02. The van der Waals surface area contributed by atoms with Crippen LogP contribution in [-0.4, -0.2) is 23.4 Å². The maximum absolute atomic E-state index is 11.8. The van der Waals surface area contributed by atoms with E-state index in [9.17, 15) is 9.90 Å². The van der Waals surface area contributed by atoms with Crippen LogP contribution in [0.15, 0.2) is 18.2 Å². The number of ether oxygens (including phenoxy) is 1. The van der Waals surface area contributed by atoms with Crippen LogP contribution in [0.4, 0.5) is 10.5 Å². The van der Waals surface area contributed by atoms with E-state index in [0.29, 0.717) is 10.7 Å². The number of hydrogen-bond acceptors (Lipinski definition) is 3. The van der Waals surface area contributed by atoms with E-state index in [0.717, 1.165) is 24.8 Å². The van der Waals surface area contributed by atoms with Gasteiger partial charge in [-0.2, -0.15) is 0 Å². The van der Waals surface area contributed by atoms with Gasteiger partial charge in [0.2, 0.25) is 0 Å². The molecular weight excluding hydrogens is 290 g/mol. The Labute approximate surface area is 130 Å². The fourth-order valence-electron chi connectivity index (χ4n) is 2.50. The average Bonchev–Trinajstić information content (AvgIpc) is 2.29. The maximum atomic E-state index is 11.8. The molecule has 0 bridgehead atoms. The molecule has 0 saturated heterocycles. The van der Waals surface area contributed by atoms with Crippen LogP contribution >= 0.6 is 11.6 Å². The lowest BCUT2D eigenvalue weighted by Crippen LogP contribution is -2.37. The molecule has 21 heavy (non-hydrogen) atoms. The van der Waals surface area contributed by atoms with Crippen molar-refractivity contribution in [3.63, 3.8) is 0 Å². The number of aliphatic hydroxyl groups is 1. The number of hydrogen-bond donors (Lipinski definition) is 2. The molecule has 116 valence electrons. The van der Waals surface area contributed by atoms with Crippen LogP contribution in [0.2, 0.25) is 5.02 Å². The Morgan fingerprint density at radius 2 is 2.10 bits per heavy atom. The van der Waals surface area contributed by atoms with Gasteiger partial charge in [0, 0.05) is 5.41 Å². The molecule has 1 amide bonds. The van der Waals surface area contributed by atoms with Crippen molar-refractivity contribution in [1.29, 1.82) is 0 Å². The van der Waals surface area contributed by atoms with Crippen LogP contribution < -0.4 is 5.32 Å². The van der Waals surface area contributed by atoms with Gasteiger partial charge in [-0.15, -0.1) is 0 Å². The first-order chi connectivity index (χ1) is 9.76. The Hall–Kier alpha value is -1.26. The van der Waals surface area contributed by atoms with Crippen LogP contribution in [-0.2, 0) is 10.2 Å². The quantitative estimate of drug-likeness (QED) is 0.883. The third-order valence-corrected chi connectivity index (χ3v) is 4.14. The summed E-state index contributed by atoms with van der Waals surface area (Å²) < 4.78 is 5.20. The Morgan fingerprint density at radius 1 is 1.43 bits per heavy atom. The number of carbonyl (C=O) groups excluding carboxylic acids is 1. The molecule has 1 aromatic rings. The van der Waals surface area contributed by atoms with Gasteiger partial charge in [-0.1, -0.05) is 24.1 Å². The van der Waals surface area contributed by atoms with E-state index in [1.165, 1.54) is 0 Å². The molecule has 0 radical (unpaired) electrons. The zero-order valence-corrected chi connectivity index (χ0v) is 13.5. The highest BCUT2D eigenvalue weighted by atomic mass is 35.5. The molecule has 0 spiro atoms. The lowest BCUT2D eigenvalue weighted by Gasteiger charge is -2.41. The van der Waals surface area contributed by atoms with Crippen molar-refractivity contribution in [2.75, 3.05) is 11.9 Å². The predicted molar refractivity (Wildman–Crippen MR) is 83.9 cm³/mol. The molecule has 1 aliphatic rings. The first kappa shape index (κ1) is 16.1. The van der Waals surface area contributed by atoms with Crippen molar-refractivity contribution in [2.45, 2.75) is 51.0 Å². The number of carbonyl (C=O) groups is 1. The molecular formula is C16H22ClNO3. The first-order valence-corrected chi connectivity index (χ1v) is 7.54. The van der Waals surface area contributed by atoms with E-state index in [2.05, 4.69) is 5.32 Å². The fraction of sp³-hybridized carbons (Fsp3) is 0.562. The third-order valence-electron chi connectivity index (χ3n) is 3.83. The molecule has 0 unspecified atom stereocenters. The highest BCUT2D eigenvalue weighted by Gasteiger charge is 2.38. The summed E-state index contributed by atoms with van der Waals surface area (Å²) in [5, 5.41) is 12.7. The molecule has 4 nitrogen and oxygen atoms in total. The Morgan fingerprint density at radius 3 is 2.52 bits per heavy atom. The molecule has 0 aromatic heterocycles. The normalized spacial score (nSPS) is 17.0. The van der Waals surface area contributed by atoms with E-state index >= 15 is 0 Å². The Kier molecular flexibility index (Phi) is 4.49. The summed E-state index contributed by atoms with van der Waals surface area (Å²) in [6.07, 6.45) is 2.53. The van der Waals surface area contributed by atoms with Gasteiger partial charge in [0.1, 0.15) is 5.60 Å². The lowest BCUT2D eigenvalue weighted by molar-refractivity contribution is 0.0636. The largest absolute Gasteiger partial charge is 0.444 e. The molecule has 1 saturated carbocycles. The van der Waals surface area contributed by atoms with E-state index in [4.69, 9.17) is 16.3 Å². The smallest absolute Gasteiger partial charge is 0.412 e. The second kappa shape index (κ2) is 5.85. The van der Waals surface area contributed by atoms with Gasteiger partial charge < -0.3 is 9.84 Å². The van der Waals surface area contributed by atoms with Gasteiger partial charge in [0.15, 0.2) is 0 Å². The van der Waals surface area contributed by atoms with E-state index in [1.54, 1.807) is 26.8 Å². The molecule has 1 aromatic carbocycles. The minimum absolute atomic E-state index is 0.127. The fourth-order valence-corrected chi connectivity index (χ4v) is 2.73. The van der Waals surface area contributed by atoms with Crippen LogP contribution in [0.5, 0.6) is 0 Å². The summed E-state index contributed by atoms with van der Waals surface area (Å²) in [6, 6.07) is 5.49. The third kappa shape index (κ3) is 3.69. The van der Waals surface area contributed by atoms with E-state index in [1.807, 2.05) is 12.1 Å². The molecule has 0 atom stereocenters. The van der Waals surface area contributed by atoms with Gasteiger partial charge in [-0.25, -0.2) is 4.79 Å². The van der Waals surface area contributed by atoms with Crippen molar-refractivity contribution < 1.29 is 14.6 Å². The topological polar surface area (TPSA) is 58.6 Å². The van der Waals surface area contributed by atoms with Crippen molar-refractivity contribution in [2.24, 2.45) is 0 Å². The predicted octanol–water partition coefficient (Wildman–Crippen LogP) is 4.10. The summed E-state index contributed by atoms with van der Waals surface area (Å²) in [5.41, 5.74) is 0.829. The maximum Gasteiger partial charge on any atom is 0.412 e. The van der Waals surface area contributed by atoms with Gasteiger partial charge in [0.25, 0.3) is 0 Å². The van der Waals surface area contributed by atoms with Crippen molar-refractivity contribution in [3.05, 3.63) is 28.8 Å². The average molecular weight is 312 g/mol. The van der Waals surface area contributed by atoms with Crippen LogP contribution in [0.25, 0.3) is 0 Å². The minimum Gasteiger partial charge on any atom is -0.444 e. The zero-order chi connectivity index (χ0) is 15.7. The summed E-state index contributed by atoms with van der Waals surface area (Å²) in [4.78, 5) is 11.8. The summed E-state index contributed by atoms with van der Waals surface area (Å²) in [5.74, 6) is 0. The van der Waals surface area contributed by atoms with Gasteiger partial charge in [-0.3, -0.25) is 5.32 Å². The Bertz CT molecular complexity index is 527. The highest BCUT2D eigenvalue weighted by Crippen LogP contribution is 2.44. The van der Waals surface area contributed by atoms with Crippen LogP contribution in [0.3, 0.4) is 0 Å². The van der Waals surface area contributed by atoms with Crippen molar-refractivity contribution in [1.82, 2.24) is 0 Å². The van der Waals surface area contributed by atoms with Crippen LogP contribution in [0, 0.1) is 0 Å². The molecule has 2 N–H and O–H groups in total. The molecule has 1 fully saturated rings. The van der Waals surface area contributed by atoms with E-state index in [-0.39, 0.29) is 12.0 Å². The minimum atomic E-state index is -0.552. The van der Waals surface area contributed by atoms with Crippen molar-refractivity contribution in [3.8, 4) is 0 Å². The Balaban J connectivity index is 2.11. The monoisotopic (exact) mass is 311 g/mol. The van der Waals surface area contributed by atoms with Crippen molar-refractivity contribution >= 4 is 23.4 Å². The number of aliphatic hydroxyl groups excluding tert-OH is 1. The number of halogens is 1. The zero-order valence-electron chi connectivity index (χ0n) is 12.7. The number of benzene rings is 1. The standard InChI is InChI=1S/C16H22ClNO3/c1-15(2,3)21-14(20)18-13-6-5-11(9-12(13)17)16(10-19)7-4-8-16/h5-6,9,19H,4,7-8,10H2,1-3H3,(H,18,20). The van der Waals surface area contributed by atoms with Gasteiger partial charge >= 0.3 is 6.09 Å². The number of rotatable bonds is 3. The number of amides is 1. The molecule has 5 heteroatoms. The molecule has 0 heterocycles. The van der Waals surface area contributed by atoms with E-state index < -0.39 is 11.7 Å². The molecule has 1 aliphatic carbocycles. The SMILES string of the molecule is CC(C)(C)OC(=O)Nc1ccc(C2(CO)CCC2)cc1Cl. The van der Waals surface area contributed by atoms with Gasteiger partial charge in [-0.05, 0) is 51.3 Å².